The summed E-state index contributed by atoms with van der Waals surface area (Å²) in [6, 6.07) is 2.61. The smallest absolute Gasteiger partial charge is 0.182 e. The predicted octanol–water partition coefficient (Wildman–Crippen LogP) is 2.89. The minimum absolute atomic E-state index is 0.0596. The maximum Gasteiger partial charge on any atom is 0.182 e. The SMILES string of the molecule is CC(C(=O)c1ccc(F)cc1F)N(C)CC1CCCOC1. The molecule has 2 rings (SSSR count). The molecule has 2 unspecified atom stereocenters. The first-order chi connectivity index (χ1) is 9.99. The van der Waals surface area contributed by atoms with Gasteiger partial charge < -0.3 is 4.74 Å². The van der Waals surface area contributed by atoms with E-state index < -0.39 is 17.7 Å². The molecule has 1 aromatic carbocycles. The number of ketones is 1. The van der Waals surface area contributed by atoms with Gasteiger partial charge in [-0.25, -0.2) is 8.78 Å². The van der Waals surface area contributed by atoms with Crippen molar-refractivity contribution in [2.45, 2.75) is 25.8 Å². The van der Waals surface area contributed by atoms with Gasteiger partial charge in [-0.3, -0.25) is 9.69 Å². The van der Waals surface area contributed by atoms with Crippen molar-refractivity contribution in [3.63, 3.8) is 0 Å². The zero-order valence-corrected chi connectivity index (χ0v) is 12.4. The van der Waals surface area contributed by atoms with E-state index in [2.05, 4.69) is 0 Å². The third-order valence-electron chi connectivity index (χ3n) is 4.04. The van der Waals surface area contributed by atoms with E-state index in [1.807, 2.05) is 11.9 Å². The van der Waals surface area contributed by atoms with E-state index in [4.69, 9.17) is 4.74 Å². The molecule has 116 valence electrons. The summed E-state index contributed by atoms with van der Waals surface area (Å²) in [5, 5.41) is 0. The first-order valence-corrected chi connectivity index (χ1v) is 7.26. The van der Waals surface area contributed by atoms with Gasteiger partial charge in [0.1, 0.15) is 11.6 Å². The number of benzene rings is 1. The molecule has 0 spiro atoms. The van der Waals surface area contributed by atoms with Crippen LogP contribution in [0.2, 0.25) is 0 Å². The Bertz CT molecular complexity index is 501. The number of nitrogens with zero attached hydrogens (tertiary/aromatic N) is 1. The van der Waals surface area contributed by atoms with Crippen molar-refractivity contribution in [3.05, 3.63) is 35.4 Å². The quantitative estimate of drug-likeness (QED) is 0.783. The molecule has 0 N–H and O–H groups in total. The largest absolute Gasteiger partial charge is 0.381 e. The Morgan fingerprint density at radius 3 is 2.86 bits per heavy atom. The standard InChI is InChI=1S/C16H21F2NO2/c1-11(19(2)9-12-4-3-7-21-10-12)16(20)14-6-5-13(17)8-15(14)18/h5-6,8,11-12H,3-4,7,9-10H2,1-2H3. The van der Waals surface area contributed by atoms with Crippen LogP contribution in [0.1, 0.15) is 30.1 Å². The van der Waals surface area contributed by atoms with Crippen LogP contribution < -0.4 is 0 Å². The van der Waals surface area contributed by atoms with Gasteiger partial charge >= 0.3 is 0 Å². The maximum absolute atomic E-state index is 13.7. The number of hydrogen-bond donors (Lipinski definition) is 0. The summed E-state index contributed by atoms with van der Waals surface area (Å²) < 4.78 is 32.0. The molecule has 0 radical (unpaired) electrons. The Labute approximate surface area is 123 Å². The molecule has 1 aliphatic heterocycles. The van der Waals surface area contributed by atoms with E-state index in [0.29, 0.717) is 12.5 Å². The van der Waals surface area contributed by atoms with Gasteiger partial charge in [0.25, 0.3) is 0 Å². The number of hydrogen-bond acceptors (Lipinski definition) is 3. The van der Waals surface area contributed by atoms with Crippen LogP contribution in [0, 0.1) is 17.6 Å². The second-order valence-corrected chi connectivity index (χ2v) is 5.69. The molecule has 1 aliphatic rings. The van der Waals surface area contributed by atoms with Crippen molar-refractivity contribution in [1.82, 2.24) is 4.90 Å². The number of carbonyl (C=O) groups excluding carboxylic acids is 1. The molecule has 3 nitrogen and oxygen atoms in total. The van der Waals surface area contributed by atoms with Gasteiger partial charge in [0.05, 0.1) is 18.2 Å². The van der Waals surface area contributed by atoms with Crippen molar-refractivity contribution >= 4 is 5.78 Å². The zero-order valence-electron chi connectivity index (χ0n) is 12.4. The predicted molar refractivity (Wildman–Crippen MR) is 76.3 cm³/mol. The average molecular weight is 297 g/mol. The van der Waals surface area contributed by atoms with Crippen molar-refractivity contribution < 1.29 is 18.3 Å². The molecular weight excluding hydrogens is 276 g/mol. The maximum atomic E-state index is 13.7. The second-order valence-electron chi connectivity index (χ2n) is 5.69. The molecule has 0 aromatic heterocycles. The summed E-state index contributed by atoms with van der Waals surface area (Å²) in [5.41, 5.74) is -0.0596. The van der Waals surface area contributed by atoms with E-state index in [-0.39, 0.29) is 11.3 Å². The van der Waals surface area contributed by atoms with Crippen LogP contribution in [-0.2, 0) is 4.74 Å². The molecule has 2 atom stereocenters. The van der Waals surface area contributed by atoms with Crippen LogP contribution >= 0.6 is 0 Å². The Morgan fingerprint density at radius 1 is 1.48 bits per heavy atom. The summed E-state index contributed by atoms with van der Waals surface area (Å²) in [5.74, 6) is -1.41. The molecule has 0 bridgehead atoms. The highest BCUT2D eigenvalue weighted by molar-refractivity contribution is 6.00. The minimum atomic E-state index is -0.804. The third kappa shape index (κ3) is 4.08. The highest BCUT2D eigenvalue weighted by Crippen LogP contribution is 2.18. The fraction of sp³-hybridized carbons (Fsp3) is 0.562. The van der Waals surface area contributed by atoms with Crippen LogP contribution in [0.4, 0.5) is 8.78 Å². The lowest BCUT2D eigenvalue weighted by Gasteiger charge is -2.30. The lowest BCUT2D eigenvalue weighted by molar-refractivity contribution is 0.0364. The van der Waals surface area contributed by atoms with Crippen molar-refractivity contribution in [2.75, 3.05) is 26.8 Å². The van der Waals surface area contributed by atoms with E-state index in [1.54, 1.807) is 6.92 Å². The number of Topliss-reactive ketones (excluding diaryl/α,β-unsaturated/α-hetero) is 1. The van der Waals surface area contributed by atoms with Crippen LogP contribution in [0.15, 0.2) is 18.2 Å². The van der Waals surface area contributed by atoms with Crippen LogP contribution in [0.3, 0.4) is 0 Å². The van der Waals surface area contributed by atoms with Crippen molar-refractivity contribution in [1.29, 1.82) is 0 Å². The minimum Gasteiger partial charge on any atom is -0.381 e. The van der Waals surface area contributed by atoms with Gasteiger partial charge in [-0.15, -0.1) is 0 Å². The van der Waals surface area contributed by atoms with E-state index in [1.165, 1.54) is 6.07 Å². The molecule has 1 fully saturated rings. The number of rotatable bonds is 5. The summed E-state index contributed by atoms with van der Waals surface area (Å²) in [6.45, 7) is 3.98. The zero-order chi connectivity index (χ0) is 15.4. The lowest BCUT2D eigenvalue weighted by Crippen LogP contribution is -2.41. The fourth-order valence-electron chi connectivity index (χ4n) is 2.63. The van der Waals surface area contributed by atoms with E-state index in [0.717, 1.165) is 38.1 Å². The van der Waals surface area contributed by atoms with E-state index >= 15 is 0 Å². The summed E-state index contributed by atoms with van der Waals surface area (Å²) in [6.07, 6.45) is 2.11. The molecule has 1 aromatic rings. The first kappa shape index (κ1) is 16.0. The van der Waals surface area contributed by atoms with E-state index in [9.17, 15) is 13.6 Å². The number of ether oxygens (including phenoxy) is 1. The van der Waals surface area contributed by atoms with Crippen molar-refractivity contribution in [3.8, 4) is 0 Å². The molecule has 0 saturated carbocycles. The summed E-state index contributed by atoms with van der Waals surface area (Å²) >= 11 is 0. The number of halogens is 2. The number of carbonyl (C=O) groups is 1. The molecule has 1 heterocycles. The Kier molecular flexibility index (Phi) is 5.42. The summed E-state index contributed by atoms with van der Waals surface area (Å²) in [7, 11) is 1.85. The third-order valence-corrected chi connectivity index (χ3v) is 4.04. The normalized spacial score (nSPS) is 20.5. The lowest BCUT2D eigenvalue weighted by atomic mass is 9.99. The first-order valence-electron chi connectivity index (χ1n) is 7.26. The highest BCUT2D eigenvalue weighted by atomic mass is 19.1. The van der Waals surface area contributed by atoms with Gasteiger partial charge in [0.15, 0.2) is 5.78 Å². The monoisotopic (exact) mass is 297 g/mol. The molecule has 0 amide bonds. The molecular formula is C16H21F2NO2. The van der Waals surface area contributed by atoms with Crippen LogP contribution in [0.25, 0.3) is 0 Å². The highest BCUT2D eigenvalue weighted by Gasteiger charge is 2.25. The molecule has 21 heavy (non-hydrogen) atoms. The Balaban J connectivity index is 2.00. The molecule has 1 saturated heterocycles. The second kappa shape index (κ2) is 7.09. The molecule has 5 heteroatoms. The Hall–Kier alpha value is -1.33. The Morgan fingerprint density at radius 2 is 2.24 bits per heavy atom. The molecule has 0 aliphatic carbocycles. The topological polar surface area (TPSA) is 29.5 Å². The fourth-order valence-corrected chi connectivity index (χ4v) is 2.63. The van der Waals surface area contributed by atoms with Gasteiger partial charge in [-0.2, -0.15) is 0 Å². The summed E-state index contributed by atoms with van der Waals surface area (Å²) in [4.78, 5) is 14.2. The van der Waals surface area contributed by atoms with Crippen LogP contribution in [-0.4, -0.2) is 43.5 Å². The average Bonchev–Trinajstić information content (AvgIpc) is 2.47. The van der Waals surface area contributed by atoms with Gasteiger partial charge in [0, 0.05) is 19.2 Å². The van der Waals surface area contributed by atoms with Crippen molar-refractivity contribution in [2.24, 2.45) is 5.92 Å². The van der Waals surface area contributed by atoms with Gasteiger partial charge in [0.2, 0.25) is 0 Å². The van der Waals surface area contributed by atoms with Gasteiger partial charge in [-0.1, -0.05) is 0 Å². The van der Waals surface area contributed by atoms with Crippen LogP contribution in [0.5, 0.6) is 0 Å². The number of likely N-dealkylation sites (N-methyl/N-ethyl adjacent to an activating group) is 1. The van der Waals surface area contributed by atoms with Gasteiger partial charge in [-0.05, 0) is 44.9 Å².